The van der Waals surface area contributed by atoms with Gasteiger partial charge in [-0.05, 0) is 35.6 Å². The van der Waals surface area contributed by atoms with Crippen molar-refractivity contribution in [2.45, 2.75) is 18.7 Å². The third-order valence-corrected chi connectivity index (χ3v) is 6.03. The zero-order valence-electron chi connectivity index (χ0n) is 10.2. The zero-order valence-corrected chi connectivity index (χ0v) is 14.1. The second-order valence-corrected chi connectivity index (χ2v) is 7.18. The molecule has 1 unspecified atom stereocenters. The normalized spacial score (nSPS) is 15.2. The lowest BCUT2D eigenvalue weighted by Crippen LogP contribution is -1.96. The largest absolute Gasteiger partial charge is 0.493 e. The summed E-state index contributed by atoms with van der Waals surface area (Å²) in [5, 5.41) is 2.53. The molecule has 1 aliphatic heterocycles. The van der Waals surface area contributed by atoms with Crippen molar-refractivity contribution in [3.8, 4) is 5.75 Å². The molecule has 2 heterocycles. The number of alkyl halides is 1. The highest BCUT2D eigenvalue weighted by Crippen LogP contribution is 2.45. The first-order chi connectivity index (χ1) is 9.08. The quantitative estimate of drug-likeness (QED) is 0.606. The van der Waals surface area contributed by atoms with Gasteiger partial charge >= 0.3 is 0 Å². The topological polar surface area (TPSA) is 9.23 Å². The molecule has 100 valence electrons. The van der Waals surface area contributed by atoms with Crippen LogP contribution < -0.4 is 4.74 Å². The zero-order chi connectivity index (χ0) is 13.6. The van der Waals surface area contributed by atoms with Crippen LogP contribution in [0.2, 0.25) is 5.02 Å². The maximum Gasteiger partial charge on any atom is 0.127 e. The van der Waals surface area contributed by atoms with E-state index in [0.717, 1.165) is 44.3 Å². The minimum atomic E-state index is -0.268. The summed E-state index contributed by atoms with van der Waals surface area (Å²) in [6.07, 6.45) is 0.933. The molecular formula is C14H11BrCl2OS. The van der Waals surface area contributed by atoms with Crippen LogP contribution in [0, 0.1) is 6.92 Å². The van der Waals surface area contributed by atoms with E-state index < -0.39 is 0 Å². The van der Waals surface area contributed by atoms with Crippen molar-refractivity contribution in [3.63, 3.8) is 0 Å². The molecule has 0 saturated carbocycles. The summed E-state index contributed by atoms with van der Waals surface area (Å²) in [4.78, 5) is 0.983. The van der Waals surface area contributed by atoms with Crippen LogP contribution in [0.4, 0.5) is 0 Å². The average molecular weight is 378 g/mol. The molecule has 0 radical (unpaired) electrons. The molecular weight excluding hydrogens is 367 g/mol. The fourth-order valence-electron chi connectivity index (χ4n) is 2.25. The highest BCUT2D eigenvalue weighted by atomic mass is 79.9. The Kier molecular flexibility index (Phi) is 3.82. The van der Waals surface area contributed by atoms with Gasteiger partial charge in [-0.2, -0.15) is 0 Å². The number of thiophene rings is 1. The Morgan fingerprint density at radius 2 is 2.21 bits per heavy atom. The van der Waals surface area contributed by atoms with Crippen LogP contribution in [0.15, 0.2) is 22.0 Å². The van der Waals surface area contributed by atoms with E-state index in [9.17, 15) is 0 Å². The lowest BCUT2D eigenvalue weighted by atomic mass is 10.0. The van der Waals surface area contributed by atoms with Crippen molar-refractivity contribution in [2.75, 3.05) is 6.61 Å². The molecule has 0 spiro atoms. The first-order valence-electron chi connectivity index (χ1n) is 5.90. The van der Waals surface area contributed by atoms with Crippen LogP contribution in [-0.2, 0) is 6.42 Å². The van der Waals surface area contributed by atoms with Gasteiger partial charge in [-0.3, -0.25) is 0 Å². The molecule has 0 N–H and O–H groups in total. The molecule has 0 fully saturated rings. The van der Waals surface area contributed by atoms with E-state index in [0.29, 0.717) is 0 Å². The number of rotatable bonds is 2. The Bertz CT molecular complexity index is 639. The minimum absolute atomic E-state index is 0.268. The molecule has 1 aromatic heterocycles. The lowest BCUT2D eigenvalue weighted by Gasteiger charge is -2.14. The maximum atomic E-state index is 6.63. The predicted octanol–water partition coefficient (Wildman–Crippen LogP) is 5.74. The molecule has 3 rings (SSSR count). The van der Waals surface area contributed by atoms with E-state index in [1.807, 2.05) is 18.4 Å². The van der Waals surface area contributed by atoms with Gasteiger partial charge in [0.15, 0.2) is 0 Å². The summed E-state index contributed by atoms with van der Waals surface area (Å²) in [6.45, 7) is 2.72. The highest BCUT2D eigenvalue weighted by Gasteiger charge is 2.25. The van der Waals surface area contributed by atoms with Crippen molar-refractivity contribution in [1.82, 2.24) is 0 Å². The van der Waals surface area contributed by atoms with Crippen molar-refractivity contribution in [1.29, 1.82) is 0 Å². The average Bonchev–Trinajstić information content (AvgIpc) is 2.96. The number of ether oxygens (including phenoxy) is 1. The molecule has 2 aromatic rings. The first-order valence-corrected chi connectivity index (χ1v) is 8.39. The highest BCUT2D eigenvalue weighted by molar-refractivity contribution is 9.10. The molecule has 1 atom stereocenters. The summed E-state index contributed by atoms with van der Waals surface area (Å²) in [6, 6.07) is 4.12. The standard InChI is InChI=1S/C14H11BrCl2OS/c1-7-6-19-14(11(7)16)12(17)10-5-9(15)4-8-2-3-18-13(8)10/h4-6,12H,2-3H2,1H3. The third kappa shape index (κ3) is 2.42. The van der Waals surface area contributed by atoms with Crippen LogP contribution in [-0.4, -0.2) is 6.61 Å². The molecule has 0 saturated heterocycles. The predicted molar refractivity (Wildman–Crippen MR) is 85.1 cm³/mol. The smallest absolute Gasteiger partial charge is 0.127 e. The SMILES string of the molecule is Cc1csc(C(Cl)c2cc(Br)cc3c2OCC3)c1Cl. The third-order valence-electron chi connectivity index (χ3n) is 3.21. The van der Waals surface area contributed by atoms with Gasteiger partial charge in [0.2, 0.25) is 0 Å². The first kappa shape index (κ1) is 13.7. The van der Waals surface area contributed by atoms with Gasteiger partial charge in [-0.15, -0.1) is 22.9 Å². The van der Waals surface area contributed by atoms with Crippen LogP contribution >= 0.6 is 50.5 Å². The second-order valence-electron chi connectivity index (χ2n) is 4.54. The number of hydrogen-bond donors (Lipinski definition) is 0. The number of hydrogen-bond acceptors (Lipinski definition) is 2. The van der Waals surface area contributed by atoms with Crippen molar-refractivity contribution < 1.29 is 4.74 Å². The second kappa shape index (κ2) is 5.28. The van der Waals surface area contributed by atoms with E-state index in [2.05, 4.69) is 22.0 Å². The molecule has 1 nitrogen and oxygen atoms in total. The summed E-state index contributed by atoms with van der Waals surface area (Å²) < 4.78 is 6.76. The molecule has 5 heteroatoms. The maximum absolute atomic E-state index is 6.63. The fourth-order valence-corrected chi connectivity index (χ4v) is 4.55. The van der Waals surface area contributed by atoms with E-state index in [1.165, 1.54) is 5.56 Å². The van der Waals surface area contributed by atoms with Gasteiger partial charge in [-0.25, -0.2) is 0 Å². The Labute approximate surface area is 134 Å². The van der Waals surface area contributed by atoms with Crippen molar-refractivity contribution in [3.05, 3.63) is 48.6 Å². The Balaban J connectivity index is 2.10. The molecule has 1 aliphatic rings. The van der Waals surface area contributed by atoms with E-state index in [4.69, 9.17) is 27.9 Å². The van der Waals surface area contributed by atoms with Gasteiger partial charge in [0.05, 0.1) is 17.0 Å². The number of fused-ring (bicyclic) bond motifs is 1. The van der Waals surface area contributed by atoms with Crippen LogP contribution in [0.25, 0.3) is 0 Å². The molecule has 19 heavy (non-hydrogen) atoms. The van der Waals surface area contributed by atoms with E-state index in [-0.39, 0.29) is 5.38 Å². The Morgan fingerprint density at radius 1 is 1.42 bits per heavy atom. The van der Waals surface area contributed by atoms with Crippen molar-refractivity contribution >= 4 is 50.5 Å². The Hall–Kier alpha value is -0.220. The fraction of sp³-hybridized carbons (Fsp3) is 0.286. The monoisotopic (exact) mass is 376 g/mol. The van der Waals surface area contributed by atoms with E-state index >= 15 is 0 Å². The number of benzene rings is 1. The summed E-state index contributed by atoms with van der Waals surface area (Å²) >= 11 is 18.1. The molecule has 0 amide bonds. The minimum Gasteiger partial charge on any atom is -0.493 e. The molecule has 0 aliphatic carbocycles. The van der Waals surface area contributed by atoms with Crippen LogP contribution in [0.1, 0.15) is 26.9 Å². The van der Waals surface area contributed by atoms with Crippen LogP contribution in [0.3, 0.4) is 0 Å². The molecule has 1 aromatic carbocycles. The van der Waals surface area contributed by atoms with Gasteiger partial charge in [0, 0.05) is 21.3 Å². The summed E-state index contributed by atoms with van der Waals surface area (Å²) in [5.41, 5.74) is 3.27. The van der Waals surface area contributed by atoms with Crippen LogP contribution in [0.5, 0.6) is 5.75 Å². The lowest BCUT2D eigenvalue weighted by molar-refractivity contribution is 0.353. The summed E-state index contributed by atoms with van der Waals surface area (Å²) in [7, 11) is 0. The molecule has 0 bridgehead atoms. The van der Waals surface area contributed by atoms with E-state index in [1.54, 1.807) is 11.3 Å². The van der Waals surface area contributed by atoms with Crippen molar-refractivity contribution in [2.24, 2.45) is 0 Å². The summed E-state index contributed by atoms with van der Waals surface area (Å²) in [5.74, 6) is 0.922. The van der Waals surface area contributed by atoms with Gasteiger partial charge in [-0.1, -0.05) is 27.5 Å². The van der Waals surface area contributed by atoms with Gasteiger partial charge in [0.25, 0.3) is 0 Å². The van der Waals surface area contributed by atoms with Gasteiger partial charge in [0.1, 0.15) is 5.75 Å². The number of halogens is 3. The Morgan fingerprint density at radius 3 is 2.89 bits per heavy atom. The van der Waals surface area contributed by atoms with Gasteiger partial charge < -0.3 is 4.74 Å². The number of aryl methyl sites for hydroxylation is 1.